The summed E-state index contributed by atoms with van der Waals surface area (Å²) in [6.45, 7) is 8.46. The number of rotatable bonds is 7. The number of sulfonamides is 1. The molecule has 33 heavy (non-hydrogen) atoms. The first-order valence-corrected chi connectivity index (χ1v) is 12.6. The predicted octanol–water partition coefficient (Wildman–Crippen LogP) is 4.70. The normalized spacial score (nSPS) is 17.2. The summed E-state index contributed by atoms with van der Waals surface area (Å²) in [7, 11) is -3.80. The zero-order valence-electron chi connectivity index (χ0n) is 18.5. The number of allylic oxidation sites excluding steroid dienone is 3. The van der Waals surface area contributed by atoms with Crippen molar-refractivity contribution in [2.75, 3.05) is 11.4 Å². The second kappa shape index (κ2) is 10.2. The molecule has 1 fully saturated rings. The molecule has 2 aromatic rings. The monoisotopic (exact) mass is 479 g/mol. The third kappa shape index (κ3) is 5.82. The first-order chi connectivity index (χ1) is 15.6. The largest absolute Gasteiger partial charge is 0.312 e. The summed E-state index contributed by atoms with van der Waals surface area (Å²) in [5, 5.41) is 14.8. The highest BCUT2D eigenvalue weighted by Gasteiger charge is 2.32. The van der Waals surface area contributed by atoms with E-state index in [4.69, 9.17) is 5.14 Å². The predicted molar refractivity (Wildman–Crippen MR) is 132 cm³/mol. The Morgan fingerprint density at radius 3 is 2.48 bits per heavy atom. The van der Waals surface area contributed by atoms with Crippen molar-refractivity contribution in [3.8, 4) is 6.07 Å². The average Bonchev–Trinajstić information content (AvgIpc) is 3.17. The van der Waals surface area contributed by atoms with Crippen LogP contribution < -0.4 is 10.0 Å². The highest BCUT2D eigenvalue weighted by atomic mass is 32.2. The van der Waals surface area contributed by atoms with Crippen LogP contribution in [0.4, 0.5) is 5.69 Å². The standard InChI is InChI=1S/C25H25N3O3S2/c1-4-19(15-26)24(32-23-8-6-5-7-17(23)2)13-18(3)20-14-25(29)28(16-20)21-9-11-22(12-10-21)33(27,30)31/h4-13,20H,3,14,16H2,1-2H3,(H2,27,30,31). The number of carbonyl (C=O) groups excluding carboxylic acids is 1. The van der Waals surface area contributed by atoms with Gasteiger partial charge in [-0.2, -0.15) is 5.26 Å². The molecule has 0 radical (unpaired) electrons. The molecule has 0 spiro atoms. The summed E-state index contributed by atoms with van der Waals surface area (Å²) in [6.07, 6.45) is 3.94. The molecule has 0 saturated carbocycles. The Morgan fingerprint density at radius 2 is 1.91 bits per heavy atom. The maximum Gasteiger partial charge on any atom is 0.238 e. The number of nitrogens with zero attached hydrogens (tertiary/aromatic N) is 2. The molecule has 0 aromatic heterocycles. The molecule has 6 nitrogen and oxygen atoms in total. The Labute approximate surface area is 199 Å². The van der Waals surface area contributed by atoms with Crippen LogP contribution in [0.5, 0.6) is 0 Å². The van der Waals surface area contributed by atoms with E-state index >= 15 is 0 Å². The Kier molecular flexibility index (Phi) is 7.59. The third-order valence-corrected chi connectivity index (χ3v) is 7.60. The number of benzene rings is 2. The Balaban J connectivity index is 1.83. The molecule has 1 atom stereocenters. The lowest BCUT2D eigenvalue weighted by Crippen LogP contribution is -2.24. The van der Waals surface area contributed by atoms with Gasteiger partial charge in [-0.15, -0.1) is 0 Å². The van der Waals surface area contributed by atoms with Gasteiger partial charge in [-0.05, 0) is 61.4 Å². The Morgan fingerprint density at radius 1 is 1.24 bits per heavy atom. The summed E-state index contributed by atoms with van der Waals surface area (Å²) in [5.74, 6) is -0.197. The average molecular weight is 480 g/mol. The zero-order chi connectivity index (χ0) is 24.2. The van der Waals surface area contributed by atoms with Crippen molar-refractivity contribution >= 4 is 33.4 Å². The van der Waals surface area contributed by atoms with Gasteiger partial charge in [-0.1, -0.05) is 42.6 Å². The van der Waals surface area contributed by atoms with Crippen LogP contribution in [0.25, 0.3) is 0 Å². The molecule has 1 amide bonds. The maximum absolute atomic E-state index is 12.7. The molecule has 0 aliphatic carbocycles. The third-order valence-electron chi connectivity index (χ3n) is 5.43. The number of aryl methyl sites for hydroxylation is 1. The first kappa shape index (κ1) is 24.5. The van der Waals surface area contributed by atoms with Gasteiger partial charge in [-0.25, -0.2) is 13.6 Å². The van der Waals surface area contributed by atoms with E-state index in [0.29, 0.717) is 17.8 Å². The van der Waals surface area contributed by atoms with Crippen LogP contribution in [0.2, 0.25) is 0 Å². The van der Waals surface area contributed by atoms with Crippen molar-refractivity contribution < 1.29 is 13.2 Å². The number of amides is 1. The van der Waals surface area contributed by atoms with E-state index in [1.165, 1.54) is 23.9 Å². The number of nitriles is 1. The SMILES string of the molecule is C=C(C=C(Sc1ccccc1C)C(C#N)=CC)C1CC(=O)N(c2ccc(S(N)(=O)=O)cc2)C1. The van der Waals surface area contributed by atoms with Crippen LogP contribution in [-0.2, 0) is 14.8 Å². The van der Waals surface area contributed by atoms with Crippen molar-refractivity contribution in [1.82, 2.24) is 0 Å². The van der Waals surface area contributed by atoms with Gasteiger partial charge < -0.3 is 4.90 Å². The summed E-state index contributed by atoms with van der Waals surface area (Å²) >= 11 is 1.50. The molecule has 2 aromatic carbocycles. The summed E-state index contributed by atoms with van der Waals surface area (Å²) < 4.78 is 23.0. The molecule has 1 aliphatic rings. The van der Waals surface area contributed by atoms with Crippen LogP contribution in [0, 0.1) is 24.2 Å². The van der Waals surface area contributed by atoms with Crippen LogP contribution in [-0.4, -0.2) is 20.9 Å². The fourth-order valence-corrected chi connectivity index (χ4v) is 5.13. The van der Waals surface area contributed by atoms with E-state index in [9.17, 15) is 18.5 Å². The smallest absolute Gasteiger partial charge is 0.238 e. The quantitative estimate of drug-likeness (QED) is 0.352. The van der Waals surface area contributed by atoms with E-state index in [2.05, 4.69) is 12.6 Å². The van der Waals surface area contributed by atoms with Crippen molar-refractivity contribution in [2.45, 2.75) is 30.1 Å². The lowest BCUT2D eigenvalue weighted by molar-refractivity contribution is -0.117. The van der Waals surface area contributed by atoms with Crippen LogP contribution in [0.1, 0.15) is 18.9 Å². The van der Waals surface area contributed by atoms with Crippen molar-refractivity contribution in [1.29, 1.82) is 5.26 Å². The highest BCUT2D eigenvalue weighted by Crippen LogP contribution is 2.37. The second-order valence-corrected chi connectivity index (χ2v) is 10.4. The fraction of sp³-hybridized carbons (Fsp3) is 0.200. The molecule has 8 heteroatoms. The second-order valence-electron chi connectivity index (χ2n) is 7.71. The van der Waals surface area contributed by atoms with Gasteiger partial charge in [0.1, 0.15) is 0 Å². The van der Waals surface area contributed by atoms with Crippen LogP contribution in [0.15, 0.2) is 93.1 Å². The molecule has 1 saturated heterocycles. The van der Waals surface area contributed by atoms with Crippen molar-refractivity contribution in [2.24, 2.45) is 11.1 Å². The number of carbonyl (C=O) groups is 1. The molecular weight excluding hydrogens is 454 g/mol. The lowest BCUT2D eigenvalue weighted by atomic mass is 9.98. The number of primary sulfonamides is 1. The lowest BCUT2D eigenvalue weighted by Gasteiger charge is -2.18. The van der Waals surface area contributed by atoms with E-state index < -0.39 is 10.0 Å². The van der Waals surface area contributed by atoms with Gasteiger partial charge in [0.2, 0.25) is 15.9 Å². The Bertz CT molecular complexity index is 1290. The van der Waals surface area contributed by atoms with E-state index in [1.54, 1.807) is 23.1 Å². The molecule has 1 aliphatic heterocycles. The number of anilines is 1. The van der Waals surface area contributed by atoms with Gasteiger partial charge in [0.15, 0.2) is 0 Å². The van der Waals surface area contributed by atoms with Crippen LogP contribution >= 0.6 is 11.8 Å². The number of thioether (sulfide) groups is 1. The van der Waals surface area contributed by atoms with Gasteiger partial charge >= 0.3 is 0 Å². The molecular formula is C25H25N3O3S2. The molecule has 1 heterocycles. The van der Waals surface area contributed by atoms with Gasteiger partial charge in [0.25, 0.3) is 0 Å². The van der Waals surface area contributed by atoms with Gasteiger partial charge in [0.05, 0.1) is 16.5 Å². The molecule has 170 valence electrons. The van der Waals surface area contributed by atoms with E-state index in [0.717, 1.165) is 20.9 Å². The zero-order valence-corrected chi connectivity index (χ0v) is 20.1. The van der Waals surface area contributed by atoms with E-state index in [-0.39, 0.29) is 23.1 Å². The molecule has 0 bridgehead atoms. The van der Waals surface area contributed by atoms with Gasteiger partial charge in [0, 0.05) is 34.4 Å². The number of hydrogen-bond acceptors (Lipinski definition) is 5. The molecule has 2 N–H and O–H groups in total. The number of nitrogens with two attached hydrogens (primary N) is 1. The van der Waals surface area contributed by atoms with Crippen LogP contribution in [0.3, 0.4) is 0 Å². The highest BCUT2D eigenvalue weighted by molar-refractivity contribution is 8.03. The summed E-state index contributed by atoms with van der Waals surface area (Å²) in [5.41, 5.74) is 3.02. The van der Waals surface area contributed by atoms with Gasteiger partial charge in [-0.3, -0.25) is 4.79 Å². The molecule has 1 unspecified atom stereocenters. The number of hydrogen-bond donors (Lipinski definition) is 1. The minimum absolute atomic E-state index is 0.00459. The van der Waals surface area contributed by atoms with Crippen molar-refractivity contribution in [3.05, 3.63) is 88.9 Å². The summed E-state index contributed by atoms with van der Waals surface area (Å²) in [4.78, 5) is 16.1. The Hall–Kier alpha value is -3.12. The topological polar surface area (TPSA) is 104 Å². The maximum atomic E-state index is 12.7. The van der Waals surface area contributed by atoms with E-state index in [1.807, 2.05) is 44.2 Å². The minimum atomic E-state index is -3.80. The summed E-state index contributed by atoms with van der Waals surface area (Å²) in [6, 6.07) is 16.1. The molecule has 3 rings (SSSR count). The fourth-order valence-electron chi connectivity index (χ4n) is 3.52. The first-order valence-electron chi connectivity index (χ1n) is 10.3. The van der Waals surface area contributed by atoms with Crippen molar-refractivity contribution in [3.63, 3.8) is 0 Å². The minimum Gasteiger partial charge on any atom is -0.312 e.